The highest BCUT2D eigenvalue weighted by atomic mass is 32.1. The van der Waals surface area contributed by atoms with E-state index in [9.17, 15) is 49.2 Å². The number of carbonyl (C=O) groups is 1. The Hall–Kier alpha value is -0.700. The Morgan fingerprint density at radius 2 is 1.61 bits per heavy atom. The molecule has 3 aliphatic rings. The maximum absolute atomic E-state index is 12.2. The van der Waals surface area contributed by atoms with Crippen molar-refractivity contribution >= 4 is 34.2 Å². The lowest BCUT2D eigenvalue weighted by Gasteiger charge is -2.39. The molecular weight excluding hydrogens is 558 g/mol. The molecule has 208 valence electrons. The number of ether oxygens (including phenoxy) is 2. The van der Waals surface area contributed by atoms with E-state index in [1.807, 2.05) is 0 Å². The second-order valence-corrected chi connectivity index (χ2v) is 11.3. The van der Waals surface area contributed by atoms with Crippen molar-refractivity contribution in [1.29, 1.82) is 0 Å². The van der Waals surface area contributed by atoms with E-state index in [2.05, 4.69) is 31.3 Å². The third-order valence-electron chi connectivity index (χ3n) is 5.28. The van der Waals surface area contributed by atoms with Crippen LogP contribution in [0.3, 0.4) is 0 Å². The molecule has 0 radical (unpaired) electrons. The summed E-state index contributed by atoms with van der Waals surface area (Å²) in [5, 5.41) is 61.2. The number of aliphatic hydroxyl groups excluding tert-OH is 6. The average Bonchev–Trinajstić information content (AvgIpc) is 3.06. The summed E-state index contributed by atoms with van der Waals surface area (Å²) in [4.78, 5) is 32.2. The quantitative estimate of drug-likeness (QED) is 0.0905. The number of phosphoric ester groups is 2. The minimum atomic E-state index is -5.56. The molecule has 3 heterocycles. The molecule has 0 spiro atoms. The van der Waals surface area contributed by atoms with Crippen LogP contribution in [-0.2, 0) is 36.8 Å². The van der Waals surface area contributed by atoms with Crippen LogP contribution in [0.25, 0.3) is 0 Å². The number of rotatable bonds is 9. The zero-order chi connectivity index (χ0) is 27.0. The Morgan fingerprint density at radius 1 is 0.972 bits per heavy atom. The van der Waals surface area contributed by atoms with E-state index in [4.69, 9.17) is 14.6 Å². The first-order chi connectivity index (χ1) is 16.7. The summed E-state index contributed by atoms with van der Waals surface area (Å²) in [6.07, 6.45) is -13.2. The third kappa shape index (κ3) is 6.83. The molecule has 2 fully saturated rings. The van der Waals surface area contributed by atoms with Crippen LogP contribution in [0.1, 0.15) is 0 Å². The molecule has 0 aromatic rings. The smallest absolute Gasteiger partial charge is 0.394 e. The summed E-state index contributed by atoms with van der Waals surface area (Å²) >= 11 is 4.11. The Labute approximate surface area is 208 Å². The van der Waals surface area contributed by atoms with E-state index < -0.39 is 95.5 Å². The number of hydrogen-bond acceptors (Lipinski definition) is 16. The number of nitrogens with one attached hydrogen (secondary N) is 1. The molecule has 12 atom stereocenters. The fourth-order valence-electron chi connectivity index (χ4n) is 3.45. The van der Waals surface area contributed by atoms with E-state index in [0.717, 1.165) is 6.08 Å². The maximum Gasteiger partial charge on any atom is 0.483 e. The summed E-state index contributed by atoms with van der Waals surface area (Å²) in [7, 11) is -11.0. The van der Waals surface area contributed by atoms with Gasteiger partial charge in [-0.3, -0.25) is 13.8 Å². The summed E-state index contributed by atoms with van der Waals surface area (Å²) < 4.78 is 47.8. The van der Waals surface area contributed by atoms with Crippen molar-refractivity contribution in [2.24, 2.45) is 0 Å². The molecule has 2 saturated heterocycles. The number of carbonyl (C=O) groups excluding carboxylic acids is 1. The zero-order valence-corrected chi connectivity index (χ0v) is 20.7. The predicted molar refractivity (Wildman–Crippen MR) is 114 cm³/mol. The van der Waals surface area contributed by atoms with Crippen LogP contribution >= 0.6 is 28.3 Å². The van der Waals surface area contributed by atoms with Gasteiger partial charge in [0.25, 0.3) is 0 Å². The fourth-order valence-corrected chi connectivity index (χ4v) is 5.94. The van der Waals surface area contributed by atoms with Crippen LogP contribution in [-0.4, -0.2) is 125 Å². The third-order valence-corrected chi connectivity index (χ3v) is 8.27. The van der Waals surface area contributed by atoms with Crippen LogP contribution in [0, 0.1) is 0 Å². The molecule has 0 bridgehead atoms. The SMILES string of the molecule is O=C1C=CN([C@@H]2O[C@H](COP(=O)(O)OP(=O)(O)O[C@H]3O[C@H](CO)[C@@H](O)[C@H](O)[C@H]3O)[C@@H](O)[C@H]2O)C(S)N1. The molecular formula is C15H26N2O16P2S. The molecule has 36 heavy (non-hydrogen) atoms. The lowest BCUT2D eigenvalue weighted by Crippen LogP contribution is -2.58. The van der Waals surface area contributed by atoms with E-state index in [0.29, 0.717) is 0 Å². The van der Waals surface area contributed by atoms with Crippen molar-refractivity contribution in [3.05, 3.63) is 12.3 Å². The highest BCUT2D eigenvalue weighted by Gasteiger charge is 2.50. The Balaban J connectivity index is 1.58. The van der Waals surface area contributed by atoms with Gasteiger partial charge >= 0.3 is 15.6 Å². The van der Waals surface area contributed by atoms with Gasteiger partial charge in [0, 0.05) is 12.3 Å². The van der Waals surface area contributed by atoms with Crippen LogP contribution in [0.15, 0.2) is 12.3 Å². The van der Waals surface area contributed by atoms with Crippen molar-refractivity contribution in [2.45, 2.75) is 60.7 Å². The van der Waals surface area contributed by atoms with Crippen molar-refractivity contribution in [3.8, 4) is 0 Å². The normalized spacial score (nSPS) is 42.6. The Morgan fingerprint density at radius 3 is 2.22 bits per heavy atom. The minimum absolute atomic E-state index is 0.475. The van der Waals surface area contributed by atoms with Gasteiger partial charge in [-0.1, -0.05) is 0 Å². The molecule has 0 aliphatic carbocycles. The number of phosphoric acid groups is 2. The van der Waals surface area contributed by atoms with Gasteiger partial charge in [0.15, 0.2) is 12.5 Å². The van der Waals surface area contributed by atoms with Crippen molar-refractivity contribution in [3.63, 3.8) is 0 Å². The van der Waals surface area contributed by atoms with Gasteiger partial charge in [-0.25, -0.2) is 9.13 Å². The minimum Gasteiger partial charge on any atom is -0.394 e. The molecule has 3 unspecified atom stereocenters. The predicted octanol–water partition coefficient (Wildman–Crippen LogP) is -4.36. The first-order valence-electron chi connectivity index (χ1n) is 10.1. The second kappa shape index (κ2) is 11.6. The Kier molecular flexibility index (Phi) is 9.61. The highest BCUT2D eigenvalue weighted by molar-refractivity contribution is 7.80. The lowest BCUT2D eigenvalue weighted by molar-refractivity contribution is -0.280. The van der Waals surface area contributed by atoms with Crippen LogP contribution in [0.5, 0.6) is 0 Å². The summed E-state index contributed by atoms with van der Waals surface area (Å²) in [6.45, 7) is -1.82. The molecule has 9 N–H and O–H groups in total. The molecule has 1 amide bonds. The van der Waals surface area contributed by atoms with E-state index >= 15 is 0 Å². The number of aliphatic hydroxyl groups is 6. The summed E-state index contributed by atoms with van der Waals surface area (Å²) in [5.74, 6) is -0.475. The molecule has 0 aromatic heterocycles. The highest BCUT2D eigenvalue weighted by Crippen LogP contribution is 2.61. The number of thiol groups is 1. The van der Waals surface area contributed by atoms with E-state index in [1.165, 1.54) is 11.1 Å². The first-order valence-corrected chi connectivity index (χ1v) is 13.6. The van der Waals surface area contributed by atoms with Gasteiger partial charge in [0.05, 0.1) is 13.2 Å². The standard InChI is InChI=1S/C15H26N2O16P2S/c18-3-5-8(20)10(22)12(24)14(31-5)32-35(27,28)33-34(25,26)29-4-6-9(21)11(23)13(30-6)17-2-1-7(19)16-15(17)36/h1-2,5-6,8-15,18,20-24,36H,3-4H2,(H,16,19)(H,25,26)(H,27,28)/t5-,6-,8-,9-,10+,11-,12-,13-,14-,15?/m1/s1. The zero-order valence-electron chi connectivity index (χ0n) is 18.0. The number of hydrogen-bond donors (Lipinski definition) is 10. The Bertz CT molecular complexity index is 926. The van der Waals surface area contributed by atoms with Crippen molar-refractivity contribution in [2.75, 3.05) is 13.2 Å². The van der Waals surface area contributed by atoms with Gasteiger partial charge < -0.3 is 60.1 Å². The van der Waals surface area contributed by atoms with Crippen LogP contribution in [0.2, 0.25) is 0 Å². The maximum atomic E-state index is 12.2. The molecule has 0 aromatic carbocycles. The summed E-state index contributed by atoms with van der Waals surface area (Å²) in [5.41, 5.74) is -0.943. The van der Waals surface area contributed by atoms with Crippen molar-refractivity contribution in [1.82, 2.24) is 10.2 Å². The van der Waals surface area contributed by atoms with Gasteiger partial charge in [0.1, 0.15) is 48.2 Å². The van der Waals surface area contributed by atoms with Gasteiger partial charge in [0.2, 0.25) is 5.91 Å². The topological polar surface area (TPSA) is 274 Å². The molecule has 0 saturated carbocycles. The largest absolute Gasteiger partial charge is 0.483 e. The van der Waals surface area contributed by atoms with Gasteiger partial charge in [-0.2, -0.15) is 4.31 Å². The number of nitrogens with zero attached hydrogens (tertiary/aromatic N) is 1. The first kappa shape index (κ1) is 29.9. The van der Waals surface area contributed by atoms with Gasteiger partial charge in [-0.05, 0) is 0 Å². The van der Waals surface area contributed by atoms with Crippen LogP contribution < -0.4 is 5.32 Å². The average molecular weight is 584 g/mol. The molecule has 3 rings (SSSR count). The summed E-state index contributed by atoms with van der Waals surface area (Å²) in [6, 6.07) is 0. The molecule has 3 aliphatic heterocycles. The fraction of sp³-hybridized carbons (Fsp3) is 0.800. The number of amides is 1. The second-order valence-electron chi connectivity index (χ2n) is 7.81. The van der Waals surface area contributed by atoms with E-state index in [-0.39, 0.29) is 0 Å². The van der Waals surface area contributed by atoms with Crippen LogP contribution in [0.4, 0.5) is 0 Å². The monoisotopic (exact) mass is 584 g/mol. The van der Waals surface area contributed by atoms with Gasteiger partial charge in [-0.15, -0.1) is 12.6 Å². The molecule has 18 nitrogen and oxygen atoms in total. The van der Waals surface area contributed by atoms with Crippen molar-refractivity contribution < 1.29 is 77.2 Å². The molecule has 21 heteroatoms. The lowest BCUT2D eigenvalue weighted by atomic mass is 10.00. The van der Waals surface area contributed by atoms with E-state index in [1.54, 1.807) is 0 Å².